The zero-order valence-electron chi connectivity index (χ0n) is 14.4. The maximum absolute atomic E-state index is 12.1. The lowest BCUT2D eigenvalue weighted by molar-refractivity contribution is -0.385. The largest absolute Gasteiger partial charge is 0.343 e. The Bertz CT molecular complexity index is 860. The second kappa shape index (κ2) is 8.52. The number of aryl methyl sites for hydroxylation is 1. The van der Waals surface area contributed by atoms with E-state index in [-0.39, 0.29) is 23.4 Å². The molecule has 0 atom stereocenters. The first-order chi connectivity index (χ1) is 12.4. The minimum Gasteiger partial charge on any atom is -0.343 e. The van der Waals surface area contributed by atoms with Crippen LogP contribution in [0, 0.1) is 24.0 Å². The molecule has 0 fully saturated rings. The molecule has 2 N–H and O–H groups in total. The number of carbonyl (C=O) groups is 2. The second-order valence-electron chi connectivity index (χ2n) is 5.59. The van der Waals surface area contributed by atoms with Crippen LogP contribution in [0.1, 0.15) is 27.0 Å². The molecule has 0 heterocycles. The summed E-state index contributed by atoms with van der Waals surface area (Å²) in [7, 11) is 0. The van der Waals surface area contributed by atoms with E-state index < -0.39 is 16.7 Å². The molecule has 0 saturated carbocycles. The van der Waals surface area contributed by atoms with Gasteiger partial charge in [0.1, 0.15) is 0 Å². The molecule has 0 aliphatic carbocycles. The summed E-state index contributed by atoms with van der Waals surface area (Å²) in [5.74, 6) is -1.08. The van der Waals surface area contributed by atoms with E-state index >= 15 is 0 Å². The van der Waals surface area contributed by atoms with Crippen LogP contribution in [0.25, 0.3) is 0 Å². The lowest BCUT2D eigenvalue weighted by Gasteiger charge is -2.07. The van der Waals surface area contributed by atoms with Crippen molar-refractivity contribution in [3.63, 3.8) is 0 Å². The van der Waals surface area contributed by atoms with Crippen molar-refractivity contribution < 1.29 is 14.5 Å². The molecule has 2 amide bonds. The molecule has 0 bridgehead atoms. The van der Waals surface area contributed by atoms with Crippen molar-refractivity contribution in [1.29, 1.82) is 0 Å². The molecule has 0 radical (unpaired) electrons. The van der Waals surface area contributed by atoms with E-state index in [1.807, 2.05) is 31.2 Å². The van der Waals surface area contributed by atoms with E-state index in [1.54, 1.807) is 0 Å². The average Bonchev–Trinajstić information content (AvgIpc) is 2.61. The third-order valence-electron chi connectivity index (χ3n) is 3.64. The van der Waals surface area contributed by atoms with E-state index in [0.29, 0.717) is 0 Å². The number of carbonyl (C=O) groups excluding carboxylic acids is 2. The zero-order chi connectivity index (χ0) is 19.1. The Balaban J connectivity index is 1.89. The van der Waals surface area contributed by atoms with Crippen LogP contribution in [0.4, 0.5) is 5.69 Å². The molecule has 2 aromatic carbocycles. The number of nitro groups is 1. The smallest absolute Gasteiger partial charge is 0.273 e. The molecule has 0 spiro atoms. The Morgan fingerprint density at radius 2 is 1.85 bits per heavy atom. The number of amides is 2. The predicted octanol–water partition coefficient (Wildman–Crippen LogP) is 2.09. The highest BCUT2D eigenvalue weighted by Crippen LogP contribution is 2.20. The number of hydrazone groups is 1. The van der Waals surface area contributed by atoms with Crippen molar-refractivity contribution in [1.82, 2.24) is 10.7 Å². The van der Waals surface area contributed by atoms with Gasteiger partial charge in [0.2, 0.25) is 0 Å². The van der Waals surface area contributed by atoms with Crippen LogP contribution in [0.15, 0.2) is 47.6 Å². The molecule has 8 heteroatoms. The predicted molar refractivity (Wildman–Crippen MR) is 97.1 cm³/mol. The average molecular weight is 354 g/mol. The Morgan fingerprint density at radius 3 is 2.50 bits per heavy atom. The Morgan fingerprint density at radius 1 is 1.15 bits per heavy atom. The van der Waals surface area contributed by atoms with Gasteiger partial charge in [-0.15, -0.1) is 0 Å². The molecular weight excluding hydrogens is 336 g/mol. The summed E-state index contributed by atoms with van der Waals surface area (Å²) in [6.07, 6.45) is 1.49. The van der Waals surface area contributed by atoms with Crippen LogP contribution in [0.2, 0.25) is 0 Å². The summed E-state index contributed by atoms with van der Waals surface area (Å²) >= 11 is 0. The van der Waals surface area contributed by atoms with Crippen LogP contribution in [-0.2, 0) is 4.79 Å². The van der Waals surface area contributed by atoms with E-state index in [4.69, 9.17) is 0 Å². The lowest BCUT2D eigenvalue weighted by atomic mass is 10.1. The van der Waals surface area contributed by atoms with Crippen molar-refractivity contribution in [2.75, 3.05) is 6.54 Å². The highest BCUT2D eigenvalue weighted by Gasteiger charge is 2.18. The van der Waals surface area contributed by atoms with E-state index in [1.165, 1.54) is 31.3 Å². The fourth-order valence-electron chi connectivity index (χ4n) is 2.19. The number of hydrogen-bond acceptors (Lipinski definition) is 5. The van der Waals surface area contributed by atoms with Gasteiger partial charge in [-0.1, -0.05) is 35.9 Å². The topological polar surface area (TPSA) is 114 Å². The van der Waals surface area contributed by atoms with E-state index in [2.05, 4.69) is 15.8 Å². The standard InChI is InChI=1S/C18H18N4O4/c1-12-6-8-14(9-7-12)10-20-21-17(23)11-19-18(24)15-4-3-5-16(13(15)2)22(25)26/h3-10H,11H2,1-2H3,(H,19,24)(H,21,23)/b20-10-. The normalized spacial score (nSPS) is 10.5. The maximum atomic E-state index is 12.1. The highest BCUT2D eigenvalue weighted by molar-refractivity contribution is 5.98. The first-order valence-electron chi connectivity index (χ1n) is 7.79. The lowest BCUT2D eigenvalue weighted by Crippen LogP contribution is -2.35. The summed E-state index contributed by atoms with van der Waals surface area (Å²) in [6.45, 7) is 3.15. The van der Waals surface area contributed by atoms with Gasteiger partial charge in [0, 0.05) is 17.2 Å². The van der Waals surface area contributed by atoms with Gasteiger partial charge in [0.15, 0.2) is 0 Å². The molecule has 0 aromatic heterocycles. The fraction of sp³-hybridized carbons (Fsp3) is 0.167. The van der Waals surface area contributed by atoms with E-state index in [0.717, 1.165) is 11.1 Å². The molecule has 26 heavy (non-hydrogen) atoms. The third kappa shape index (κ3) is 4.97. The molecule has 134 valence electrons. The first kappa shape index (κ1) is 18.8. The van der Waals surface area contributed by atoms with Crippen molar-refractivity contribution in [3.8, 4) is 0 Å². The number of benzene rings is 2. The van der Waals surface area contributed by atoms with Gasteiger partial charge in [-0.3, -0.25) is 19.7 Å². The molecule has 0 unspecified atom stereocenters. The molecular formula is C18H18N4O4. The zero-order valence-corrected chi connectivity index (χ0v) is 14.4. The van der Waals surface area contributed by atoms with Gasteiger partial charge in [-0.05, 0) is 25.5 Å². The summed E-state index contributed by atoms with van der Waals surface area (Å²) in [5, 5.41) is 17.1. The van der Waals surface area contributed by atoms with Crippen LogP contribution in [0.5, 0.6) is 0 Å². The second-order valence-corrected chi connectivity index (χ2v) is 5.59. The fourth-order valence-corrected chi connectivity index (χ4v) is 2.19. The van der Waals surface area contributed by atoms with Crippen LogP contribution < -0.4 is 10.7 Å². The van der Waals surface area contributed by atoms with Crippen molar-refractivity contribution in [3.05, 3.63) is 74.8 Å². The van der Waals surface area contributed by atoms with Gasteiger partial charge in [0.25, 0.3) is 17.5 Å². The quantitative estimate of drug-likeness (QED) is 0.470. The van der Waals surface area contributed by atoms with Gasteiger partial charge >= 0.3 is 0 Å². The highest BCUT2D eigenvalue weighted by atomic mass is 16.6. The third-order valence-corrected chi connectivity index (χ3v) is 3.64. The molecule has 0 saturated heterocycles. The monoisotopic (exact) mass is 354 g/mol. The maximum Gasteiger partial charge on any atom is 0.273 e. The molecule has 8 nitrogen and oxygen atoms in total. The van der Waals surface area contributed by atoms with Gasteiger partial charge in [-0.25, -0.2) is 5.43 Å². The van der Waals surface area contributed by atoms with Crippen LogP contribution in [0.3, 0.4) is 0 Å². The summed E-state index contributed by atoms with van der Waals surface area (Å²) in [4.78, 5) is 34.2. The van der Waals surface area contributed by atoms with Crippen molar-refractivity contribution in [2.24, 2.45) is 5.10 Å². The molecule has 0 aliphatic rings. The molecule has 0 aliphatic heterocycles. The number of hydrogen-bond donors (Lipinski definition) is 2. The first-order valence-corrected chi connectivity index (χ1v) is 7.79. The molecule has 2 aromatic rings. The minimum absolute atomic E-state index is 0.148. The van der Waals surface area contributed by atoms with Gasteiger partial charge in [-0.2, -0.15) is 5.10 Å². The van der Waals surface area contributed by atoms with Crippen LogP contribution >= 0.6 is 0 Å². The Labute approximate surface area is 150 Å². The SMILES string of the molecule is Cc1ccc(/C=N\NC(=O)CNC(=O)c2cccc([N+](=O)[O-])c2C)cc1. The Hall–Kier alpha value is -3.55. The summed E-state index contributed by atoms with van der Waals surface area (Å²) < 4.78 is 0. The number of nitrogens with zero attached hydrogens (tertiary/aromatic N) is 2. The summed E-state index contributed by atoms with van der Waals surface area (Å²) in [6, 6.07) is 11.8. The Kier molecular flexibility index (Phi) is 6.15. The van der Waals surface area contributed by atoms with Gasteiger partial charge < -0.3 is 5.32 Å². The number of rotatable bonds is 6. The number of nitro benzene ring substituents is 1. The summed E-state index contributed by atoms with van der Waals surface area (Å²) in [5.41, 5.74) is 4.49. The van der Waals surface area contributed by atoms with Gasteiger partial charge in [0.05, 0.1) is 17.7 Å². The molecule has 2 rings (SSSR count). The van der Waals surface area contributed by atoms with E-state index in [9.17, 15) is 19.7 Å². The van der Waals surface area contributed by atoms with Crippen molar-refractivity contribution in [2.45, 2.75) is 13.8 Å². The van der Waals surface area contributed by atoms with Crippen molar-refractivity contribution >= 4 is 23.7 Å². The number of nitrogens with one attached hydrogen (secondary N) is 2. The minimum atomic E-state index is -0.566. The van der Waals surface area contributed by atoms with Crippen LogP contribution in [-0.4, -0.2) is 29.5 Å².